The third-order valence-corrected chi connectivity index (χ3v) is 6.40. The van der Waals surface area contributed by atoms with Crippen LogP contribution in [-0.4, -0.2) is 25.7 Å². The van der Waals surface area contributed by atoms with Crippen LogP contribution in [0.3, 0.4) is 0 Å². The highest BCUT2D eigenvalue weighted by Crippen LogP contribution is 2.22. The maximum atomic E-state index is 12.3. The maximum absolute atomic E-state index is 12.3. The third-order valence-electron chi connectivity index (χ3n) is 3.82. The lowest BCUT2D eigenvalue weighted by Gasteiger charge is -2.19. The number of rotatable bonds is 6. The van der Waals surface area contributed by atoms with E-state index in [1.165, 1.54) is 24.3 Å². The summed E-state index contributed by atoms with van der Waals surface area (Å²) in [6, 6.07) is 11.8. The summed E-state index contributed by atoms with van der Waals surface area (Å²) in [5, 5.41) is 2.66. The van der Waals surface area contributed by atoms with E-state index in [1.54, 1.807) is 45.0 Å². The fraction of sp³-hybridized carbons (Fsp3) is 0.316. The van der Waals surface area contributed by atoms with Crippen molar-refractivity contribution in [3.05, 3.63) is 59.7 Å². The van der Waals surface area contributed by atoms with Gasteiger partial charge in [-0.3, -0.25) is 4.79 Å². The molecule has 0 atom stereocenters. The number of anilines is 1. The Kier molecular flexibility index (Phi) is 6.20. The maximum Gasteiger partial charge on any atom is 0.387 e. The molecular weight excluding hydrogens is 376 g/mol. The molecular formula is C19H21F2NO4S. The number of benzene rings is 2. The van der Waals surface area contributed by atoms with Crippen LogP contribution >= 0.6 is 0 Å². The molecule has 2 aromatic carbocycles. The van der Waals surface area contributed by atoms with Crippen molar-refractivity contribution in [3.8, 4) is 5.75 Å². The second-order valence-electron chi connectivity index (χ2n) is 6.93. The van der Waals surface area contributed by atoms with E-state index in [4.69, 9.17) is 0 Å². The normalized spacial score (nSPS) is 12.1. The summed E-state index contributed by atoms with van der Waals surface area (Å²) in [5.74, 6) is -0.634. The fourth-order valence-corrected chi connectivity index (χ4v) is 3.22. The molecule has 5 nitrogen and oxygen atoms in total. The molecule has 146 valence electrons. The lowest BCUT2D eigenvalue weighted by molar-refractivity contribution is -0.0498. The number of carbonyl (C=O) groups excluding carboxylic acids is 1. The van der Waals surface area contributed by atoms with Gasteiger partial charge in [0.05, 0.1) is 10.5 Å². The van der Waals surface area contributed by atoms with Gasteiger partial charge in [0.25, 0.3) is 5.91 Å². The van der Waals surface area contributed by atoms with Crippen molar-refractivity contribution in [2.24, 2.45) is 0 Å². The van der Waals surface area contributed by atoms with Crippen molar-refractivity contribution >= 4 is 21.4 Å². The van der Waals surface area contributed by atoms with Crippen LogP contribution in [0.5, 0.6) is 5.75 Å². The summed E-state index contributed by atoms with van der Waals surface area (Å²) < 4.78 is 52.3. The highest BCUT2D eigenvalue weighted by Gasteiger charge is 2.29. The molecule has 0 saturated carbocycles. The number of amides is 1. The van der Waals surface area contributed by atoms with Crippen molar-refractivity contribution in [2.75, 3.05) is 5.32 Å². The van der Waals surface area contributed by atoms with Gasteiger partial charge in [-0.15, -0.1) is 0 Å². The molecule has 0 aliphatic rings. The molecule has 8 heteroatoms. The van der Waals surface area contributed by atoms with E-state index in [0.717, 1.165) is 0 Å². The Balaban J connectivity index is 2.10. The average molecular weight is 397 g/mol. The fourth-order valence-electron chi connectivity index (χ4n) is 2.17. The van der Waals surface area contributed by atoms with Crippen LogP contribution in [0.1, 0.15) is 36.7 Å². The van der Waals surface area contributed by atoms with Gasteiger partial charge < -0.3 is 10.1 Å². The quantitative estimate of drug-likeness (QED) is 0.791. The highest BCUT2D eigenvalue weighted by atomic mass is 32.2. The van der Waals surface area contributed by atoms with Crippen LogP contribution in [0.25, 0.3) is 0 Å². The standard InChI is InChI=1S/C19H21F2NO4S/c1-19(2,3)27(24,25)12-13-5-4-6-15(11-13)22-17(23)14-7-9-16(10-8-14)26-18(20)21/h4-11,18H,12H2,1-3H3,(H,22,23). The smallest absolute Gasteiger partial charge is 0.387 e. The summed E-state index contributed by atoms with van der Waals surface area (Å²) in [6.07, 6.45) is 0. The van der Waals surface area contributed by atoms with Crippen molar-refractivity contribution in [1.29, 1.82) is 0 Å². The summed E-state index contributed by atoms with van der Waals surface area (Å²) in [5.41, 5.74) is 1.25. The summed E-state index contributed by atoms with van der Waals surface area (Å²) in [4.78, 5) is 12.3. The molecule has 0 aromatic heterocycles. The molecule has 1 N–H and O–H groups in total. The van der Waals surface area contributed by atoms with E-state index in [1.807, 2.05) is 0 Å². The van der Waals surface area contributed by atoms with Crippen molar-refractivity contribution in [3.63, 3.8) is 0 Å². The topological polar surface area (TPSA) is 72.5 Å². The molecule has 1 amide bonds. The summed E-state index contributed by atoms with van der Waals surface area (Å²) in [7, 11) is -3.35. The Labute approximate surface area is 157 Å². The first-order valence-electron chi connectivity index (χ1n) is 8.15. The minimum Gasteiger partial charge on any atom is -0.435 e. The Morgan fingerprint density at radius 2 is 1.74 bits per heavy atom. The monoisotopic (exact) mass is 397 g/mol. The number of carbonyl (C=O) groups is 1. The number of hydrogen-bond donors (Lipinski definition) is 1. The van der Waals surface area contributed by atoms with Gasteiger partial charge in [-0.25, -0.2) is 8.42 Å². The second-order valence-corrected chi connectivity index (χ2v) is 9.67. The zero-order valence-electron chi connectivity index (χ0n) is 15.2. The molecule has 0 saturated heterocycles. The molecule has 0 fully saturated rings. The second kappa shape index (κ2) is 8.04. The van der Waals surface area contributed by atoms with Crippen molar-refractivity contribution in [2.45, 2.75) is 37.9 Å². The van der Waals surface area contributed by atoms with E-state index in [2.05, 4.69) is 10.1 Å². The molecule has 0 heterocycles. The molecule has 0 bridgehead atoms. The lowest BCUT2D eigenvalue weighted by atomic mass is 10.2. The summed E-state index contributed by atoms with van der Waals surface area (Å²) in [6.45, 7) is 1.97. The van der Waals surface area contributed by atoms with Crippen LogP contribution in [0.4, 0.5) is 14.5 Å². The minimum absolute atomic E-state index is 0.0454. The highest BCUT2D eigenvalue weighted by molar-refractivity contribution is 7.91. The first-order chi connectivity index (χ1) is 12.5. The van der Waals surface area contributed by atoms with Gasteiger partial charge in [0.2, 0.25) is 0 Å². The van der Waals surface area contributed by atoms with Gasteiger partial charge >= 0.3 is 6.61 Å². The molecule has 0 aliphatic carbocycles. The largest absolute Gasteiger partial charge is 0.435 e. The number of nitrogens with one attached hydrogen (secondary N) is 1. The van der Waals surface area contributed by atoms with Gasteiger partial charge in [-0.05, 0) is 62.7 Å². The Morgan fingerprint density at radius 1 is 1.11 bits per heavy atom. The molecule has 2 aromatic rings. The Bertz CT molecular complexity index is 904. The Morgan fingerprint density at radius 3 is 2.30 bits per heavy atom. The first-order valence-corrected chi connectivity index (χ1v) is 9.81. The van der Waals surface area contributed by atoms with Gasteiger partial charge in [-0.2, -0.15) is 8.78 Å². The van der Waals surface area contributed by atoms with Gasteiger partial charge in [0.15, 0.2) is 9.84 Å². The number of sulfone groups is 1. The molecule has 0 spiro atoms. The first kappa shape index (κ1) is 20.8. The number of hydrogen-bond acceptors (Lipinski definition) is 4. The predicted molar refractivity (Wildman–Crippen MR) is 99.8 cm³/mol. The number of ether oxygens (including phenoxy) is 1. The molecule has 0 unspecified atom stereocenters. The molecule has 0 radical (unpaired) electrons. The average Bonchev–Trinajstić information content (AvgIpc) is 2.53. The third kappa shape index (κ3) is 5.75. The number of halogens is 2. The van der Waals surface area contributed by atoms with Gasteiger partial charge in [-0.1, -0.05) is 12.1 Å². The van der Waals surface area contributed by atoms with Gasteiger partial charge in [0, 0.05) is 11.3 Å². The van der Waals surface area contributed by atoms with E-state index in [9.17, 15) is 22.0 Å². The zero-order valence-corrected chi connectivity index (χ0v) is 16.0. The van der Waals surface area contributed by atoms with E-state index in [0.29, 0.717) is 11.3 Å². The SMILES string of the molecule is CC(C)(C)S(=O)(=O)Cc1cccc(NC(=O)c2ccc(OC(F)F)cc2)c1. The molecule has 27 heavy (non-hydrogen) atoms. The Hall–Kier alpha value is -2.48. The molecule has 2 rings (SSSR count). The van der Waals surface area contributed by atoms with Crippen LogP contribution in [0.2, 0.25) is 0 Å². The van der Waals surface area contributed by atoms with Crippen LogP contribution in [-0.2, 0) is 15.6 Å². The van der Waals surface area contributed by atoms with E-state index >= 15 is 0 Å². The predicted octanol–water partition coefficient (Wildman–Crippen LogP) is 4.25. The zero-order chi connectivity index (χ0) is 20.2. The van der Waals surface area contributed by atoms with Crippen LogP contribution in [0.15, 0.2) is 48.5 Å². The van der Waals surface area contributed by atoms with E-state index in [-0.39, 0.29) is 17.1 Å². The minimum atomic E-state index is -3.35. The van der Waals surface area contributed by atoms with Crippen LogP contribution < -0.4 is 10.1 Å². The number of alkyl halides is 2. The van der Waals surface area contributed by atoms with E-state index < -0.39 is 27.1 Å². The van der Waals surface area contributed by atoms with Gasteiger partial charge in [0.1, 0.15) is 5.75 Å². The molecule has 0 aliphatic heterocycles. The lowest BCUT2D eigenvalue weighted by Crippen LogP contribution is -2.29. The summed E-state index contributed by atoms with van der Waals surface area (Å²) >= 11 is 0. The van der Waals surface area contributed by atoms with Crippen molar-refractivity contribution < 1.29 is 26.7 Å². The van der Waals surface area contributed by atoms with Crippen LogP contribution in [0, 0.1) is 0 Å². The van der Waals surface area contributed by atoms with Crippen molar-refractivity contribution in [1.82, 2.24) is 0 Å².